The molecule has 0 unspecified atom stereocenters. The number of aliphatic hydroxyl groups is 1. The molecule has 5 nitrogen and oxygen atoms in total. The highest BCUT2D eigenvalue weighted by atomic mass is 32.2. The molecule has 0 aliphatic carbocycles. The number of hydrogen-bond acceptors (Lipinski definition) is 5. The maximum atomic E-state index is 13.7. The molecule has 1 N–H and O–H groups in total. The highest BCUT2D eigenvalue weighted by Gasteiger charge is 2.25. The molecule has 0 fully saturated rings. The average Bonchev–Trinajstić information content (AvgIpc) is 2.92. The number of thiazole rings is 1. The van der Waals surface area contributed by atoms with Gasteiger partial charge in [-0.3, -0.25) is 0 Å². The van der Waals surface area contributed by atoms with Gasteiger partial charge in [-0.25, -0.2) is 17.8 Å². The van der Waals surface area contributed by atoms with E-state index in [4.69, 9.17) is 5.11 Å². The van der Waals surface area contributed by atoms with Gasteiger partial charge in [-0.1, -0.05) is 6.07 Å². The molecule has 0 atom stereocenters. The third-order valence-corrected chi connectivity index (χ3v) is 5.19. The molecule has 108 valence electrons. The number of aromatic nitrogens is 1. The molecular formula is C12H13FN2O3S2. The average molecular weight is 316 g/mol. The lowest BCUT2D eigenvalue weighted by Crippen LogP contribution is -2.27. The van der Waals surface area contributed by atoms with E-state index in [1.807, 2.05) is 0 Å². The summed E-state index contributed by atoms with van der Waals surface area (Å²) in [6.45, 7) is -0.284. The maximum Gasteiger partial charge on any atom is 0.246 e. The van der Waals surface area contributed by atoms with Crippen LogP contribution in [0.4, 0.5) is 4.39 Å². The standard InChI is InChI=1S/C12H13FN2O3S2/c1-15(5-10-7-19-8-14-10)20(17,18)12-4-9(6-16)2-3-11(12)13/h2-4,7-8,16H,5-6H2,1H3. The molecule has 0 aliphatic heterocycles. The van der Waals surface area contributed by atoms with Gasteiger partial charge in [0, 0.05) is 12.4 Å². The zero-order valence-electron chi connectivity index (χ0n) is 10.7. The molecular weight excluding hydrogens is 303 g/mol. The van der Waals surface area contributed by atoms with Gasteiger partial charge >= 0.3 is 0 Å². The molecule has 1 heterocycles. The fourth-order valence-electron chi connectivity index (χ4n) is 1.64. The van der Waals surface area contributed by atoms with E-state index in [1.165, 1.54) is 24.5 Å². The molecule has 0 amide bonds. The van der Waals surface area contributed by atoms with Gasteiger partial charge in [0.1, 0.15) is 10.7 Å². The Labute approximate surface area is 120 Å². The minimum absolute atomic E-state index is 0.0641. The predicted octanol–water partition coefficient (Wildman–Crippen LogP) is 1.60. The third-order valence-electron chi connectivity index (χ3n) is 2.73. The van der Waals surface area contributed by atoms with Gasteiger partial charge in [-0.05, 0) is 17.7 Å². The number of halogens is 1. The summed E-state index contributed by atoms with van der Waals surface area (Å²) < 4.78 is 39.4. The highest BCUT2D eigenvalue weighted by molar-refractivity contribution is 7.89. The van der Waals surface area contributed by atoms with Crippen molar-refractivity contribution < 1.29 is 17.9 Å². The van der Waals surface area contributed by atoms with Crippen LogP contribution in [-0.2, 0) is 23.2 Å². The molecule has 1 aromatic heterocycles. The van der Waals surface area contributed by atoms with Crippen molar-refractivity contribution in [1.82, 2.24) is 9.29 Å². The second-order valence-electron chi connectivity index (χ2n) is 4.16. The van der Waals surface area contributed by atoms with E-state index < -0.39 is 20.7 Å². The van der Waals surface area contributed by atoms with E-state index in [9.17, 15) is 12.8 Å². The molecule has 20 heavy (non-hydrogen) atoms. The van der Waals surface area contributed by atoms with Crippen LogP contribution in [0.5, 0.6) is 0 Å². The lowest BCUT2D eigenvalue weighted by molar-refractivity contribution is 0.281. The van der Waals surface area contributed by atoms with Gasteiger partial charge in [0.25, 0.3) is 0 Å². The fourth-order valence-corrected chi connectivity index (χ4v) is 3.44. The Balaban J connectivity index is 2.34. The van der Waals surface area contributed by atoms with Crippen molar-refractivity contribution in [2.24, 2.45) is 0 Å². The van der Waals surface area contributed by atoms with Crippen LogP contribution in [-0.4, -0.2) is 29.9 Å². The molecule has 8 heteroatoms. The number of nitrogens with zero attached hydrogens (tertiary/aromatic N) is 2. The summed E-state index contributed by atoms with van der Waals surface area (Å²) in [6, 6.07) is 3.52. The Morgan fingerprint density at radius 1 is 1.45 bits per heavy atom. The minimum atomic E-state index is -3.97. The first-order chi connectivity index (χ1) is 9.45. The molecule has 0 bridgehead atoms. The highest BCUT2D eigenvalue weighted by Crippen LogP contribution is 2.21. The first-order valence-electron chi connectivity index (χ1n) is 5.68. The quantitative estimate of drug-likeness (QED) is 0.909. The Hall–Kier alpha value is -1.35. The number of benzene rings is 1. The summed E-state index contributed by atoms with van der Waals surface area (Å²) in [5.41, 5.74) is 2.54. The van der Waals surface area contributed by atoms with Crippen molar-refractivity contribution in [2.45, 2.75) is 18.0 Å². The smallest absolute Gasteiger partial charge is 0.246 e. The fraction of sp³-hybridized carbons (Fsp3) is 0.250. The summed E-state index contributed by atoms with van der Waals surface area (Å²) in [5, 5.41) is 10.8. The molecule has 1 aromatic carbocycles. The van der Waals surface area contributed by atoms with Gasteiger partial charge in [0.15, 0.2) is 0 Å². The number of rotatable bonds is 5. The number of hydrogen-bond donors (Lipinski definition) is 1. The molecule has 2 rings (SSSR count). The number of sulfonamides is 1. The summed E-state index contributed by atoms with van der Waals surface area (Å²) in [5.74, 6) is -0.840. The van der Waals surface area contributed by atoms with Crippen molar-refractivity contribution >= 4 is 21.4 Å². The van der Waals surface area contributed by atoms with E-state index in [0.29, 0.717) is 11.3 Å². The normalized spacial score (nSPS) is 12.0. The van der Waals surface area contributed by atoms with Crippen LogP contribution in [0.15, 0.2) is 34.0 Å². The maximum absolute atomic E-state index is 13.7. The molecule has 0 saturated heterocycles. The van der Waals surface area contributed by atoms with Crippen LogP contribution >= 0.6 is 11.3 Å². The van der Waals surface area contributed by atoms with Crippen molar-refractivity contribution in [3.05, 3.63) is 46.2 Å². The Kier molecular flexibility index (Phi) is 4.48. The summed E-state index contributed by atoms with van der Waals surface area (Å²) >= 11 is 1.36. The zero-order valence-corrected chi connectivity index (χ0v) is 12.3. The summed E-state index contributed by atoms with van der Waals surface area (Å²) in [7, 11) is -2.61. The van der Waals surface area contributed by atoms with Gasteiger partial charge in [0.05, 0.1) is 24.4 Å². The van der Waals surface area contributed by atoms with E-state index in [0.717, 1.165) is 16.4 Å². The lowest BCUT2D eigenvalue weighted by atomic mass is 10.2. The van der Waals surface area contributed by atoms with Crippen molar-refractivity contribution in [2.75, 3.05) is 7.05 Å². The monoisotopic (exact) mass is 316 g/mol. The second kappa shape index (κ2) is 5.96. The summed E-state index contributed by atoms with van der Waals surface area (Å²) in [6.07, 6.45) is 0. The first kappa shape index (κ1) is 15.0. The van der Waals surface area contributed by atoms with Crippen LogP contribution in [0.2, 0.25) is 0 Å². The molecule has 0 aliphatic rings. The Morgan fingerprint density at radius 3 is 2.80 bits per heavy atom. The molecule has 0 radical (unpaired) electrons. The van der Waals surface area contributed by atoms with E-state index in [-0.39, 0.29) is 13.2 Å². The van der Waals surface area contributed by atoms with Crippen LogP contribution in [0.3, 0.4) is 0 Å². The van der Waals surface area contributed by atoms with Gasteiger partial charge in [0.2, 0.25) is 10.0 Å². The SMILES string of the molecule is CN(Cc1cscn1)S(=O)(=O)c1cc(CO)ccc1F. The predicted molar refractivity (Wildman–Crippen MR) is 73.1 cm³/mol. The van der Waals surface area contributed by atoms with Crippen LogP contribution in [0.25, 0.3) is 0 Å². The Bertz CT molecular complexity index is 687. The first-order valence-corrected chi connectivity index (χ1v) is 8.06. The summed E-state index contributed by atoms with van der Waals surface area (Å²) in [4.78, 5) is 3.56. The zero-order chi connectivity index (χ0) is 14.8. The Morgan fingerprint density at radius 2 is 2.20 bits per heavy atom. The largest absolute Gasteiger partial charge is 0.392 e. The van der Waals surface area contributed by atoms with Crippen molar-refractivity contribution in [1.29, 1.82) is 0 Å². The molecule has 0 spiro atoms. The van der Waals surface area contributed by atoms with Crippen LogP contribution in [0, 0.1) is 5.82 Å². The molecule has 2 aromatic rings. The minimum Gasteiger partial charge on any atom is -0.392 e. The van der Waals surface area contributed by atoms with E-state index in [1.54, 1.807) is 10.9 Å². The second-order valence-corrected chi connectivity index (χ2v) is 6.90. The van der Waals surface area contributed by atoms with Crippen molar-refractivity contribution in [3.8, 4) is 0 Å². The topological polar surface area (TPSA) is 70.5 Å². The third kappa shape index (κ3) is 3.04. The van der Waals surface area contributed by atoms with Crippen LogP contribution in [0.1, 0.15) is 11.3 Å². The molecule has 0 saturated carbocycles. The van der Waals surface area contributed by atoms with Gasteiger partial charge in [-0.2, -0.15) is 4.31 Å². The van der Waals surface area contributed by atoms with E-state index >= 15 is 0 Å². The lowest BCUT2D eigenvalue weighted by Gasteiger charge is -2.17. The number of aliphatic hydroxyl groups excluding tert-OH is 1. The van der Waals surface area contributed by atoms with Gasteiger partial charge in [-0.15, -0.1) is 11.3 Å². The van der Waals surface area contributed by atoms with Crippen molar-refractivity contribution in [3.63, 3.8) is 0 Å². The van der Waals surface area contributed by atoms with Gasteiger partial charge < -0.3 is 5.11 Å². The van der Waals surface area contributed by atoms with E-state index in [2.05, 4.69) is 4.98 Å². The van der Waals surface area contributed by atoms with Crippen LogP contribution < -0.4 is 0 Å².